The van der Waals surface area contributed by atoms with Crippen molar-refractivity contribution in [2.75, 3.05) is 11.9 Å². The van der Waals surface area contributed by atoms with E-state index < -0.39 is 0 Å². The van der Waals surface area contributed by atoms with Crippen molar-refractivity contribution in [1.29, 1.82) is 0 Å². The van der Waals surface area contributed by atoms with Gasteiger partial charge in [-0.15, -0.1) is 0 Å². The average Bonchev–Trinajstić information content (AvgIpc) is 2.49. The number of aryl methyl sites for hydroxylation is 1. The third kappa shape index (κ3) is 3.69. The highest BCUT2D eigenvalue weighted by molar-refractivity contribution is 6.05. The number of benzene rings is 2. The number of hydrogen-bond acceptors (Lipinski definition) is 3. The van der Waals surface area contributed by atoms with Crippen LogP contribution in [0.15, 0.2) is 42.5 Å². The second-order valence-corrected chi connectivity index (χ2v) is 4.63. The van der Waals surface area contributed by atoms with Gasteiger partial charge in [-0.25, -0.2) is 0 Å². The molecular weight excluding hydrogens is 266 g/mol. The molecule has 2 aromatic rings. The molecule has 0 radical (unpaired) electrons. The summed E-state index contributed by atoms with van der Waals surface area (Å²) in [6.45, 7) is 4.30. The monoisotopic (exact) mass is 283 g/mol. The lowest BCUT2D eigenvalue weighted by molar-refractivity contribution is 0.102. The molecule has 1 amide bonds. The zero-order valence-corrected chi connectivity index (χ0v) is 12.1. The van der Waals surface area contributed by atoms with Gasteiger partial charge >= 0.3 is 0 Å². The maximum atomic E-state index is 12.2. The molecular formula is C17H17NO3. The smallest absolute Gasteiger partial charge is 0.255 e. The summed E-state index contributed by atoms with van der Waals surface area (Å²) in [5.41, 5.74) is 2.62. The lowest BCUT2D eigenvalue weighted by Gasteiger charge is -2.12. The van der Waals surface area contributed by atoms with Crippen LogP contribution in [0.1, 0.15) is 33.2 Å². The van der Waals surface area contributed by atoms with E-state index in [0.29, 0.717) is 29.2 Å². The first kappa shape index (κ1) is 14.8. The van der Waals surface area contributed by atoms with E-state index in [9.17, 15) is 9.59 Å². The van der Waals surface area contributed by atoms with Gasteiger partial charge in [0.05, 0.1) is 12.3 Å². The molecule has 2 rings (SSSR count). The minimum atomic E-state index is -0.237. The molecule has 0 aliphatic rings. The summed E-state index contributed by atoms with van der Waals surface area (Å²) in [4.78, 5) is 23.1. The molecule has 0 aliphatic heterocycles. The largest absolute Gasteiger partial charge is 0.492 e. The van der Waals surface area contributed by atoms with Crippen molar-refractivity contribution in [3.05, 3.63) is 59.2 Å². The summed E-state index contributed by atoms with van der Waals surface area (Å²) in [7, 11) is 0. The predicted octanol–water partition coefficient (Wildman–Crippen LogP) is 3.46. The van der Waals surface area contributed by atoms with Crippen molar-refractivity contribution in [3.63, 3.8) is 0 Å². The van der Waals surface area contributed by atoms with Crippen LogP contribution in [-0.4, -0.2) is 18.8 Å². The zero-order valence-electron chi connectivity index (χ0n) is 12.1. The van der Waals surface area contributed by atoms with Crippen LogP contribution in [-0.2, 0) is 0 Å². The molecule has 0 aromatic heterocycles. The molecule has 4 nitrogen and oxygen atoms in total. The standard InChI is InChI=1S/C17H17NO3/c1-3-21-16-9-6-13(11-19)10-15(16)18-17(20)14-7-4-12(2)5-8-14/h4-11H,3H2,1-2H3,(H,18,20). The van der Waals surface area contributed by atoms with Crippen LogP contribution in [0.25, 0.3) is 0 Å². The summed E-state index contributed by atoms with van der Waals surface area (Å²) < 4.78 is 5.46. The number of rotatable bonds is 5. The van der Waals surface area contributed by atoms with E-state index in [0.717, 1.165) is 11.8 Å². The summed E-state index contributed by atoms with van der Waals surface area (Å²) in [6.07, 6.45) is 0.733. The van der Waals surface area contributed by atoms with Crippen LogP contribution in [0, 0.1) is 6.92 Å². The number of nitrogens with one attached hydrogen (secondary N) is 1. The number of ether oxygens (including phenoxy) is 1. The average molecular weight is 283 g/mol. The first-order valence-corrected chi connectivity index (χ1v) is 6.74. The quantitative estimate of drug-likeness (QED) is 0.855. The molecule has 0 fully saturated rings. The van der Waals surface area contributed by atoms with Gasteiger partial charge in [-0.3, -0.25) is 9.59 Å². The molecule has 0 unspecified atom stereocenters. The van der Waals surface area contributed by atoms with Gasteiger partial charge in [-0.2, -0.15) is 0 Å². The number of aldehydes is 1. The fourth-order valence-electron chi connectivity index (χ4n) is 1.90. The first-order valence-electron chi connectivity index (χ1n) is 6.74. The Labute approximate surface area is 123 Å². The molecule has 1 N–H and O–H groups in total. The van der Waals surface area contributed by atoms with Crippen LogP contribution in [0.4, 0.5) is 5.69 Å². The van der Waals surface area contributed by atoms with Gasteiger partial charge in [-0.05, 0) is 44.2 Å². The predicted molar refractivity (Wildman–Crippen MR) is 82.1 cm³/mol. The van der Waals surface area contributed by atoms with Gasteiger partial charge in [0.15, 0.2) is 0 Å². The van der Waals surface area contributed by atoms with Gasteiger partial charge in [0.25, 0.3) is 5.91 Å². The number of carbonyl (C=O) groups is 2. The highest BCUT2D eigenvalue weighted by atomic mass is 16.5. The molecule has 0 saturated heterocycles. The highest BCUT2D eigenvalue weighted by Crippen LogP contribution is 2.26. The number of hydrogen-bond donors (Lipinski definition) is 1. The number of amides is 1. The van der Waals surface area contributed by atoms with Crippen molar-refractivity contribution >= 4 is 17.9 Å². The minimum absolute atomic E-state index is 0.237. The van der Waals surface area contributed by atoms with Crippen LogP contribution >= 0.6 is 0 Å². The lowest BCUT2D eigenvalue weighted by atomic mass is 10.1. The third-order valence-corrected chi connectivity index (χ3v) is 3.00. The summed E-state index contributed by atoms with van der Waals surface area (Å²) in [6, 6.07) is 12.2. The van der Waals surface area contributed by atoms with E-state index in [1.165, 1.54) is 0 Å². The summed E-state index contributed by atoms with van der Waals surface area (Å²) in [5, 5.41) is 2.78. The second-order valence-electron chi connectivity index (χ2n) is 4.63. The maximum Gasteiger partial charge on any atom is 0.255 e. The topological polar surface area (TPSA) is 55.4 Å². The molecule has 0 atom stereocenters. The summed E-state index contributed by atoms with van der Waals surface area (Å²) in [5.74, 6) is 0.308. The highest BCUT2D eigenvalue weighted by Gasteiger charge is 2.10. The van der Waals surface area contributed by atoms with Crippen LogP contribution in [0.3, 0.4) is 0 Å². The Kier molecular flexibility index (Phi) is 4.72. The third-order valence-electron chi connectivity index (χ3n) is 3.00. The first-order chi connectivity index (χ1) is 10.1. The second kappa shape index (κ2) is 6.70. The Bertz CT molecular complexity index is 648. The van der Waals surface area contributed by atoms with E-state index in [1.54, 1.807) is 30.3 Å². The Morgan fingerprint density at radius 3 is 2.52 bits per heavy atom. The van der Waals surface area contributed by atoms with E-state index in [4.69, 9.17) is 4.74 Å². The van der Waals surface area contributed by atoms with E-state index in [-0.39, 0.29) is 5.91 Å². The van der Waals surface area contributed by atoms with Crippen molar-refractivity contribution in [1.82, 2.24) is 0 Å². The van der Waals surface area contributed by atoms with E-state index >= 15 is 0 Å². The van der Waals surface area contributed by atoms with Crippen molar-refractivity contribution in [3.8, 4) is 5.75 Å². The van der Waals surface area contributed by atoms with E-state index in [2.05, 4.69) is 5.32 Å². The maximum absolute atomic E-state index is 12.2. The molecule has 0 saturated carbocycles. The lowest BCUT2D eigenvalue weighted by Crippen LogP contribution is -2.13. The molecule has 2 aromatic carbocycles. The van der Waals surface area contributed by atoms with E-state index in [1.807, 2.05) is 26.0 Å². The molecule has 0 heterocycles. The van der Waals surface area contributed by atoms with Crippen molar-refractivity contribution in [2.24, 2.45) is 0 Å². The molecule has 0 aliphatic carbocycles. The van der Waals surface area contributed by atoms with Crippen molar-refractivity contribution < 1.29 is 14.3 Å². The van der Waals surface area contributed by atoms with Gasteiger partial charge in [0, 0.05) is 11.1 Å². The fourth-order valence-corrected chi connectivity index (χ4v) is 1.90. The van der Waals surface area contributed by atoms with Gasteiger partial charge in [0.2, 0.25) is 0 Å². The normalized spacial score (nSPS) is 10.0. The number of anilines is 1. The Morgan fingerprint density at radius 2 is 1.90 bits per heavy atom. The van der Waals surface area contributed by atoms with Gasteiger partial charge < -0.3 is 10.1 Å². The van der Waals surface area contributed by atoms with Gasteiger partial charge in [-0.1, -0.05) is 17.7 Å². The molecule has 4 heteroatoms. The van der Waals surface area contributed by atoms with Crippen LogP contribution in [0.5, 0.6) is 5.75 Å². The van der Waals surface area contributed by atoms with Crippen LogP contribution < -0.4 is 10.1 Å². The molecule has 21 heavy (non-hydrogen) atoms. The van der Waals surface area contributed by atoms with Crippen molar-refractivity contribution in [2.45, 2.75) is 13.8 Å². The molecule has 0 spiro atoms. The van der Waals surface area contributed by atoms with Gasteiger partial charge in [0.1, 0.15) is 12.0 Å². The number of carbonyl (C=O) groups excluding carboxylic acids is 2. The Hall–Kier alpha value is -2.62. The van der Waals surface area contributed by atoms with Crippen LogP contribution in [0.2, 0.25) is 0 Å². The Morgan fingerprint density at radius 1 is 1.19 bits per heavy atom. The molecule has 0 bridgehead atoms. The minimum Gasteiger partial charge on any atom is -0.492 e. The summed E-state index contributed by atoms with van der Waals surface area (Å²) >= 11 is 0. The fraction of sp³-hybridized carbons (Fsp3) is 0.176. The Balaban J connectivity index is 2.26. The SMILES string of the molecule is CCOc1ccc(C=O)cc1NC(=O)c1ccc(C)cc1. The molecule has 108 valence electrons. The zero-order chi connectivity index (χ0) is 15.2.